The molecule has 13 heavy (non-hydrogen) atoms. The topological polar surface area (TPSA) is 75.1 Å². The number of esters is 1. The van der Waals surface area contributed by atoms with E-state index in [1.165, 1.54) is 7.11 Å². The fourth-order valence-corrected chi connectivity index (χ4v) is 1.76. The van der Waals surface area contributed by atoms with Gasteiger partial charge < -0.3 is 4.74 Å². The number of nitrogens with zero attached hydrogens (tertiary/aromatic N) is 3. The van der Waals surface area contributed by atoms with Crippen LogP contribution >= 0.6 is 0 Å². The molecule has 1 aliphatic rings. The van der Waals surface area contributed by atoms with Crippen LogP contribution in [0.15, 0.2) is 5.11 Å². The number of carbonyl (C=O) groups is 1. The van der Waals surface area contributed by atoms with Crippen LogP contribution in [-0.4, -0.2) is 18.6 Å². The second-order valence-electron chi connectivity index (χ2n) is 3.27. The zero-order chi connectivity index (χ0) is 9.73. The standard InChI is InChI=1S/C8H13N3O2/c1-13-7(12)8(10-11-9)5-3-2-4-6-8/h2-6H2,1H3. The van der Waals surface area contributed by atoms with E-state index in [9.17, 15) is 4.79 Å². The zero-order valence-corrected chi connectivity index (χ0v) is 7.69. The molecule has 0 amide bonds. The van der Waals surface area contributed by atoms with Gasteiger partial charge in [-0.3, -0.25) is 4.79 Å². The fraction of sp³-hybridized carbons (Fsp3) is 0.875. The van der Waals surface area contributed by atoms with Crippen LogP contribution in [0.5, 0.6) is 0 Å². The molecule has 0 aromatic heterocycles. The molecular weight excluding hydrogens is 170 g/mol. The molecule has 5 nitrogen and oxygen atoms in total. The Hall–Kier alpha value is -1.22. The van der Waals surface area contributed by atoms with Crippen molar-refractivity contribution in [2.75, 3.05) is 7.11 Å². The maximum atomic E-state index is 11.4. The first-order chi connectivity index (χ1) is 6.25. The highest BCUT2D eigenvalue weighted by molar-refractivity contribution is 5.81. The van der Waals surface area contributed by atoms with Gasteiger partial charge in [-0.05, 0) is 18.4 Å². The van der Waals surface area contributed by atoms with Crippen LogP contribution in [0.2, 0.25) is 0 Å². The normalized spacial score (nSPS) is 20.1. The Morgan fingerprint density at radius 1 is 1.46 bits per heavy atom. The molecule has 0 atom stereocenters. The van der Waals surface area contributed by atoms with Crippen LogP contribution in [-0.2, 0) is 9.53 Å². The van der Waals surface area contributed by atoms with Crippen molar-refractivity contribution < 1.29 is 9.53 Å². The summed E-state index contributed by atoms with van der Waals surface area (Å²) < 4.78 is 4.64. The third-order valence-corrected chi connectivity index (χ3v) is 2.48. The lowest BCUT2D eigenvalue weighted by Gasteiger charge is -2.29. The lowest BCUT2D eigenvalue weighted by molar-refractivity contribution is -0.148. The second-order valence-corrected chi connectivity index (χ2v) is 3.27. The summed E-state index contributed by atoms with van der Waals surface area (Å²) in [5, 5.41) is 3.59. The molecule has 0 spiro atoms. The van der Waals surface area contributed by atoms with Crippen molar-refractivity contribution in [1.82, 2.24) is 0 Å². The Kier molecular flexibility index (Phi) is 3.14. The Morgan fingerprint density at radius 3 is 2.54 bits per heavy atom. The van der Waals surface area contributed by atoms with Gasteiger partial charge in [-0.15, -0.1) is 0 Å². The minimum Gasteiger partial charge on any atom is -0.468 e. The summed E-state index contributed by atoms with van der Waals surface area (Å²) in [4.78, 5) is 14.1. The highest BCUT2D eigenvalue weighted by atomic mass is 16.5. The average molecular weight is 183 g/mol. The molecule has 0 radical (unpaired) electrons. The fourth-order valence-electron chi connectivity index (χ4n) is 1.76. The van der Waals surface area contributed by atoms with E-state index >= 15 is 0 Å². The van der Waals surface area contributed by atoms with Gasteiger partial charge in [-0.2, -0.15) is 0 Å². The van der Waals surface area contributed by atoms with Crippen LogP contribution < -0.4 is 0 Å². The van der Waals surface area contributed by atoms with Crippen LogP contribution in [0, 0.1) is 0 Å². The molecule has 0 aromatic rings. The Labute approximate surface area is 76.7 Å². The molecule has 0 unspecified atom stereocenters. The van der Waals surface area contributed by atoms with Gasteiger partial charge in [0.2, 0.25) is 0 Å². The Morgan fingerprint density at radius 2 is 2.08 bits per heavy atom. The SMILES string of the molecule is COC(=O)C1(N=[N+]=[N-])CCCCC1. The summed E-state index contributed by atoms with van der Waals surface area (Å²) >= 11 is 0. The summed E-state index contributed by atoms with van der Waals surface area (Å²) in [6.07, 6.45) is 4.18. The first-order valence-corrected chi connectivity index (χ1v) is 4.40. The van der Waals surface area contributed by atoms with Gasteiger partial charge in [0.1, 0.15) is 5.54 Å². The Bertz CT molecular complexity index is 240. The van der Waals surface area contributed by atoms with Gasteiger partial charge in [0.15, 0.2) is 0 Å². The molecule has 5 heteroatoms. The second kappa shape index (κ2) is 4.14. The van der Waals surface area contributed by atoms with Crippen molar-refractivity contribution in [3.8, 4) is 0 Å². The highest BCUT2D eigenvalue weighted by Crippen LogP contribution is 2.32. The first kappa shape index (κ1) is 9.86. The summed E-state index contributed by atoms with van der Waals surface area (Å²) in [6, 6.07) is 0. The number of ether oxygens (including phenoxy) is 1. The number of methoxy groups -OCH3 is 1. The van der Waals surface area contributed by atoms with Crippen molar-refractivity contribution >= 4 is 5.97 Å². The van der Waals surface area contributed by atoms with E-state index in [1.54, 1.807) is 0 Å². The predicted molar refractivity (Wildman–Crippen MR) is 47.0 cm³/mol. The molecule has 0 N–H and O–H groups in total. The number of hydrogen-bond donors (Lipinski definition) is 0. The molecule has 72 valence electrons. The van der Waals surface area contributed by atoms with Crippen LogP contribution in [0.1, 0.15) is 32.1 Å². The van der Waals surface area contributed by atoms with Gasteiger partial charge in [0, 0.05) is 4.91 Å². The summed E-state index contributed by atoms with van der Waals surface area (Å²) in [5.74, 6) is -0.398. The zero-order valence-electron chi connectivity index (χ0n) is 7.69. The third-order valence-electron chi connectivity index (χ3n) is 2.48. The average Bonchev–Trinajstić information content (AvgIpc) is 2.18. The molecule has 1 rings (SSSR count). The molecule has 1 fully saturated rings. The maximum Gasteiger partial charge on any atom is 0.317 e. The molecule has 0 aliphatic heterocycles. The molecule has 0 bridgehead atoms. The maximum absolute atomic E-state index is 11.4. The minimum absolute atomic E-state index is 0.398. The van der Waals surface area contributed by atoms with Crippen molar-refractivity contribution in [3.63, 3.8) is 0 Å². The highest BCUT2D eigenvalue weighted by Gasteiger charge is 2.39. The molecular formula is C8H13N3O2. The summed E-state index contributed by atoms with van der Waals surface area (Å²) in [5.41, 5.74) is 7.46. The van der Waals surface area contributed by atoms with E-state index in [0.717, 1.165) is 19.3 Å². The number of carbonyl (C=O) groups excluding carboxylic acids is 1. The molecule has 0 heterocycles. The van der Waals surface area contributed by atoms with Crippen molar-refractivity contribution in [2.45, 2.75) is 37.6 Å². The number of rotatable bonds is 2. The molecule has 1 aliphatic carbocycles. The van der Waals surface area contributed by atoms with E-state index in [4.69, 9.17) is 5.53 Å². The summed E-state index contributed by atoms with van der Waals surface area (Å²) in [7, 11) is 1.32. The van der Waals surface area contributed by atoms with E-state index in [1.807, 2.05) is 0 Å². The van der Waals surface area contributed by atoms with Crippen molar-refractivity contribution in [2.24, 2.45) is 5.11 Å². The Balaban J connectivity index is 2.84. The van der Waals surface area contributed by atoms with Gasteiger partial charge >= 0.3 is 5.97 Å². The largest absolute Gasteiger partial charge is 0.468 e. The molecule has 1 saturated carbocycles. The lowest BCUT2D eigenvalue weighted by atomic mass is 9.82. The van der Waals surface area contributed by atoms with E-state index in [2.05, 4.69) is 14.8 Å². The van der Waals surface area contributed by atoms with Crippen LogP contribution in [0.25, 0.3) is 10.4 Å². The molecule has 0 saturated heterocycles. The summed E-state index contributed by atoms with van der Waals surface area (Å²) in [6.45, 7) is 0. The van der Waals surface area contributed by atoms with Crippen molar-refractivity contribution in [1.29, 1.82) is 0 Å². The van der Waals surface area contributed by atoms with Crippen LogP contribution in [0.4, 0.5) is 0 Å². The first-order valence-electron chi connectivity index (χ1n) is 4.40. The number of azide groups is 1. The monoisotopic (exact) mass is 183 g/mol. The lowest BCUT2D eigenvalue weighted by Crippen LogP contribution is -2.39. The minimum atomic E-state index is -0.915. The predicted octanol–water partition coefficient (Wildman–Crippen LogP) is 2.17. The molecule has 0 aromatic carbocycles. The van der Waals surface area contributed by atoms with E-state index in [-0.39, 0.29) is 0 Å². The van der Waals surface area contributed by atoms with E-state index in [0.29, 0.717) is 12.8 Å². The third kappa shape index (κ3) is 1.92. The van der Waals surface area contributed by atoms with Gasteiger partial charge in [-0.1, -0.05) is 24.4 Å². The number of hydrogen-bond acceptors (Lipinski definition) is 3. The van der Waals surface area contributed by atoms with Crippen molar-refractivity contribution in [3.05, 3.63) is 10.4 Å². The van der Waals surface area contributed by atoms with Gasteiger partial charge in [0.05, 0.1) is 7.11 Å². The quantitative estimate of drug-likeness (QED) is 0.285. The van der Waals surface area contributed by atoms with Gasteiger partial charge in [-0.25, -0.2) is 0 Å². The van der Waals surface area contributed by atoms with Crippen LogP contribution in [0.3, 0.4) is 0 Å². The van der Waals surface area contributed by atoms with E-state index < -0.39 is 11.5 Å². The van der Waals surface area contributed by atoms with Gasteiger partial charge in [0.25, 0.3) is 0 Å². The smallest absolute Gasteiger partial charge is 0.317 e.